The van der Waals surface area contributed by atoms with Gasteiger partial charge in [-0.25, -0.2) is 4.79 Å². The quantitative estimate of drug-likeness (QED) is 0.207. The summed E-state index contributed by atoms with van der Waals surface area (Å²) in [6, 6.07) is 29.8. The Morgan fingerprint density at radius 3 is 1.81 bits per heavy atom. The monoisotopic (exact) mass is 584 g/mol. The lowest BCUT2D eigenvalue weighted by Gasteiger charge is -2.14. The van der Waals surface area contributed by atoms with Gasteiger partial charge in [0.2, 0.25) is 0 Å². The molecule has 0 aliphatic heterocycles. The van der Waals surface area contributed by atoms with Crippen molar-refractivity contribution in [3.05, 3.63) is 150 Å². The number of ether oxygens (including phenoxy) is 1. The summed E-state index contributed by atoms with van der Waals surface area (Å²) in [5.74, 6) is -2.17. The molecule has 0 saturated heterocycles. The largest absolute Gasteiger partial charge is 0.490 e. The van der Waals surface area contributed by atoms with Gasteiger partial charge in [0.1, 0.15) is 0 Å². The summed E-state index contributed by atoms with van der Waals surface area (Å²) in [6.07, 6.45) is 10.2. The Labute approximate surface area is 251 Å². The molecule has 3 aromatic rings. The van der Waals surface area contributed by atoms with Crippen molar-refractivity contribution in [2.75, 3.05) is 32.6 Å². The van der Waals surface area contributed by atoms with Crippen LogP contribution in [0, 0.1) is 0 Å². The van der Waals surface area contributed by atoms with Gasteiger partial charge in [-0.15, -0.1) is 0 Å². The number of aliphatic imine (C=N–C) groups is 1. The highest BCUT2D eigenvalue weighted by Gasteiger charge is 2.40. The van der Waals surface area contributed by atoms with Gasteiger partial charge in [-0.3, -0.25) is 4.99 Å². The van der Waals surface area contributed by atoms with Gasteiger partial charge in [0.25, 0.3) is 0 Å². The third kappa shape index (κ3) is 9.85. The van der Waals surface area contributed by atoms with E-state index in [1.165, 1.54) is 39.1 Å². The van der Waals surface area contributed by atoms with Crippen molar-refractivity contribution in [1.29, 1.82) is 0 Å². The molecule has 0 bridgehead atoms. The first-order valence-electron chi connectivity index (χ1n) is 13.7. The molecule has 0 spiro atoms. The van der Waals surface area contributed by atoms with Gasteiger partial charge in [0.15, 0.2) is 0 Å². The van der Waals surface area contributed by atoms with Crippen LogP contribution in [-0.2, 0) is 9.53 Å². The zero-order valence-corrected chi connectivity index (χ0v) is 24.7. The van der Waals surface area contributed by atoms with Crippen molar-refractivity contribution in [2.45, 2.75) is 13.1 Å². The average molecular weight is 585 g/mol. The van der Waals surface area contributed by atoms with Crippen molar-refractivity contribution in [3.63, 3.8) is 0 Å². The molecule has 0 aromatic heterocycles. The fourth-order valence-corrected chi connectivity index (χ4v) is 4.18. The van der Waals surface area contributed by atoms with Crippen LogP contribution in [0.3, 0.4) is 0 Å². The van der Waals surface area contributed by atoms with Crippen LogP contribution in [0.2, 0.25) is 0 Å². The van der Waals surface area contributed by atoms with Crippen LogP contribution < -0.4 is 4.90 Å². The number of nitrogens with zero attached hydrogens (tertiary/aromatic N) is 2. The lowest BCUT2D eigenvalue weighted by atomic mass is 9.94. The molecule has 7 heteroatoms. The van der Waals surface area contributed by atoms with E-state index >= 15 is 0 Å². The van der Waals surface area contributed by atoms with Gasteiger partial charge in [0.05, 0.1) is 12.8 Å². The molecule has 222 valence electrons. The van der Waals surface area contributed by atoms with Crippen LogP contribution in [0.15, 0.2) is 138 Å². The number of carbonyl (C=O) groups excluding carboxylic acids is 1. The SMILES string of the molecule is CCN=C1C=CC(=C(C=CC=C(c2ccccc2)c2ccc(N(C)C)cc2)c2ccccc2)C=C1.COC(=O)C(F)(F)F. The molecule has 4 rings (SSSR count). The second kappa shape index (κ2) is 15.9. The van der Waals surface area contributed by atoms with Gasteiger partial charge in [-0.1, -0.05) is 103 Å². The molecule has 1 aliphatic rings. The van der Waals surface area contributed by atoms with E-state index in [0.29, 0.717) is 7.11 Å². The third-order valence-corrected chi connectivity index (χ3v) is 6.33. The molecule has 0 saturated carbocycles. The van der Waals surface area contributed by atoms with Crippen molar-refractivity contribution >= 4 is 28.5 Å². The molecular formula is C36H35F3N2O2. The maximum Gasteiger partial charge on any atom is 0.490 e. The Morgan fingerprint density at radius 2 is 1.35 bits per heavy atom. The minimum Gasteiger partial charge on any atom is -0.462 e. The first-order chi connectivity index (χ1) is 20.6. The summed E-state index contributed by atoms with van der Waals surface area (Å²) in [5, 5.41) is 0. The van der Waals surface area contributed by atoms with Gasteiger partial charge < -0.3 is 9.64 Å². The second-order valence-corrected chi connectivity index (χ2v) is 9.54. The molecule has 0 radical (unpaired) electrons. The highest BCUT2D eigenvalue weighted by Crippen LogP contribution is 2.28. The average Bonchev–Trinajstić information content (AvgIpc) is 3.02. The van der Waals surface area contributed by atoms with Crippen molar-refractivity contribution in [3.8, 4) is 0 Å². The highest BCUT2D eigenvalue weighted by atomic mass is 19.4. The van der Waals surface area contributed by atoms with E-state index in [4.69, 9.17) is 0 Å². The molecule has 3 aromatic carbocycles. The lowest BCUT2D eigenvalue weighted by Crippen LogP contribution is -2.23. The molecule has 43 heavy (non-hydrogen) atoms. The number of methoxy groups -OCH3 is 1. The first-order valence-corrected chi connectivity index (χ1v) is 13.7. The van der Waals surface area contributed by atoms with E-state index in [9.17, 15) is 18.0 Å². The van der Waals surface area contributed by atoms with Crippen molar-refractivity contribution in [2.24, 2.45) is 4.99 Å². The molecule has 0 atom stereocenters. The number of carbonyl (C=O) groups is 1. The summed E-state index contributed by atoms with van der Waals surface area (Å²) < 4.78 is 36.3. The summed E-state index contributed by atoms with van der Waals surface area (Å²) in [7, 11) is 4.81. The van der Waals surface area contributed by atoms with Gasteiger partial charge >= 0.3 is 12.1 Å². The van der Waals surface area contributed by atoms with E-state index < -0.39 is 12.1 Å². The molecule has 0 N–H and O–H groups in total. The fraction of sp³-hybridized carbons (Fsp3) is 0.167. The highest BCUT2D eigenvalue weighted by molar-refractivity contribution is 6.07. The molecule has 0 fully saturated rings. The zero-order valence-electron chi connectivity index (χ0n) is 24.7. The summed E-state index contributed by atoms with van der Waals surface area (Å²) in [4.78, 5) is 16.1. The Bertz CT molecular complexity index is 1510. The smallest absolute Gasteiger partial charge is 0.462 e. The maximum atomic E-state index is 11.0. The topological polar surface area (TPSA) is 41.9 Å². The van der Waals surface area contributed by atoms with Crippen molar-refractivity contribution in [1.82, 2.24) is 0 Å². The Balaban J connectivity index is 0.000000557. The first kappa shape index (κ1) is 32.6. The molecule has 4 nitrogen and oxygen atoms in total. The van der Waals surface area contributed by atoms with Crippen LogP contribution in [-0.4, -0.2) is 45.6 Å². The van der Waals surface area contributed by atoms with Gasteiger partial charge in [-0.05, 0) is 64.6 Å². The number of rotatable bonds is 7. The normalized spacial score (nSPS) is 13.0. The fourth-order valence-electron chi connectivity index (χ4n) is 4.18. The van der Waals surface area contributed by atoms with Gasteiger partial charge in [0, 0.05) is 26.3 Å². The zero-order chi connectivity index (χ0) is 31.2. The summed E-state index contributed by atoms with van der Waals surface area (Å²) in [5.41, 5.74) is 9.33. The van der Waals surface area contributed by atoms with Crippen LogP contribution in [0.1, 0.15) is 23.6 Å². The Morgan fingerprint density at radius 1 is 0.814 bits per heavy atom. The molecule has 0 amide bonds. The second-order valence-electron chi connectivity index (χ2n) is 9.54. The number of allylic oxidation sites excluding steroid dienone is 9. The minimum atomic E-state index is -4.85. The lowest BCUT2D eigenvalue weighted by molar-refractivity contribution is -0.196. The van der Waals surface area contributed by atoms with Gasteiger partial charge in [-0.2, -0.15) is 13.2 Å². The molecule has 0 unspecified atom stereocenters. The van der Waals surface area contributed by atoms with Crippen LogP contribution >= 0.6 is 0 Å². The number of hydrogen-bond donors (Lipinski definition) is 0. The predicted octanol–water partition coefficient (Wildman–Crippen LogP) is 8.50. The number of benzene rings is 3. The maximum absolute atomic E-state index is 11.0. The standard InChI is InChI=1S/C33H32N2.C3H3F3O2/c1-4-34-30-22-18-28(19-23-30)32(26-12-7-5-8-13-26)16-11-17-33(27-14-9-6-10-15-27)29-20-24-31(25-21-29)35(2)3;1-8-2(7)3(4,5)6/h5-25H,4H2,1-3H3;1H3. The van der Waals surface area contributed by atoms with E-state index in [1.807, 2.05) is 0 Å². The molecular weight excluding hydrogens is 549 g/mol. The Kier molecular flexibility index (Phi) is 12.1. The van der Waals surface area contributed by atoms with Crippen molar-refractivity contribution < 1.29 is 22.7 Å². The van der Waals surface area contributed by atoms with Crippen LogP contribution in [0.5, 0.6) is 0 Å². The van der Waals surface area contributed by atoms with Crippen LogP contribution in [0.25, 0.3) is 11.1 Å². The number of alkyl halides is 3. The number of hydrogen-bond acceptors (Lipinski definition) is 4. The Hall–Kier alpha value is -4.91. The number of halogens is 3. The van der Waals surface area contributed by atoms with Crippen LogP contribution in [0.4, 0.5) is 18.9 Å². The summed E-state index contributed by atoms with van der Waals surface area (Å²) in [6.45, 7) is 2.85. The predicted molar refractivity (Wildman–Crippen MR) is 171 cm³/mol. The number of esters is 1. The third-order valence-electron chi connectivity index (χ3n) is 6.33. The van der Waals surface area contributed by atoms with E-state index in [-0.39, 0.29) is 0 Å². The minimum absolute atomic E-state index is 0.676. The molecule has 0 heterocycles. The summed E-state index contributed by atoms with van der Waals surface area (Å²) >= 11 is 0. The van der Waals surface area contributed by atoms with E-state index in [2.05, 4.69) is 163 Å². The van der Waals surface area contributed by atoms with E-state index in [1.54, 1.807) is 0 Å². The van der Waals surface area contributed by atoms with E-state index in [0.717, 1.165) is 12.3 Å². The molecule has 1 aliphatic carbocycles. The number of anilines is 1.